The maximum atomic E-state index is 13.2. The average molecular weight is 477 g/mol. The van der Waals surface area contributed by atoms with Gasteiger partial charge in [0, 0.05) is 27.7 Å². The molecule has 12 heteroatoms. The minimum atomic E-state index is -1.63. The normalized spacial score (nSPS) is 25.9. The van der Waals surface area contributed by atoms with Crippen LogP contribution in [0, 0.1) is 0 Å². The van der Waals surface area contributed by atoms with Gasteiger partial charge in [-0.25, -0.2) is 0 Å². The Morgan fingerprint density at radius 1 is 0.794 bits per heavy atom. The molecule has 1 saturated heterocycles. The number of ether oxygens (including phenoxy) is 5. The summed E-state index contributed by atoms with van der Waals surface area (Å²) in [7, 11) is 0. The van der Waals surface area contributed by atoms with E-state index in [-0.39, 0.29) is 11.1 Å². The van der Waals surface area contributed by atoms with Gasteiger partial charge in [-0.05, 0) is 12.1 Å². The van der Waals surface area contributed by atoms with Crippen molar-refractivity contribution in [2.24, 2.45) is 0 Å². The van der Waals surface area contributed by atoms with Crippen molar-refractivity contribution in [2.75, 3.05) is 6.61 Å². The molecule has 1 aromatic carbocycles. The van der Waals surface area contributed by atoms with Crippen LogP contribution in [0.5, 0.6) is 0 Å². The number of amides is 2. The monoisotopic (exact) mass is 477 g/mol. The highest BCUT2D eigenvalue weighted by Gasteiger charge is 2.58. The van der Waals surface area contributed by atoms with Crippen molar-refractivity contribution in [3.8, 4) is 0 Å². The van der Waals surface area contributed by atoms with Crippen LogP contribution in [0.15, 0.2) is 24.3 Å². The van der Waals surface area contributed by atoms with E-state index < -0.39 is 72.9 Å². The van der Waals surface area contributed by atoms with Crippen molar-refractivity contribution in [3.05, 3.63) is 35.4 Å². The highest BCUT2D eigenvalue weighted by Crippen LogP contribution is 2.35. The number of carbonyl (C=O) groups excluding carboxylic acids is 6. The second-order valence-corrected chi connectivity index (χ2v) is 7.62. The summed E-state index contributed by atoms with van der Waals surface area (Å²) in [6, 6.07) is 4.49. The first-order valence-corrected chi connectivity index (χ1v) is 10.3. The third-order valence-electron chi connectivity index (χ3n) is 5.08. The molecular formula is C22H23NO11. The van der Waals surface area contributed by atoms with Crippen molar-refractivity contribution in [3.63, 3.8) is 0 Å². The maximum absolute atomic E-state index is 13.2. The molecule has 5 atom stereocenters. The van der Waals surface area contributed by atoms with E-state index in [4.69, 9.17) is 23.7 Å². The fraction of sp³-hybridized carbons (Fsp3) is 0.455. The first-order valence-electron chi connectivity index (χ1n) is 10.3. The van der Waals surface area contributed by atoms with Crippen LogP contribution in [-0.4, -0.2) is 77.8 Å². The molecule has 2 heterocycles. The second-order valence-electron chi connectivity index (χ2n) is 7.62. The largest absolute Gasteiger partial charge is 0.463 e. The lowest BCUT2D eigenvalue weighted by molar-refractivity contribution is -0.278. The molecule has 2 amide bonds. The summed E-state index contributed by atoms with van der Waals surface area (Å²) in [6.45, 7) is 3.91. The van der Waals surface area contributed by atoms with Gasteiger partial charge in [-0.2, -0.15) is 0 Å². The van der Waals surface area contributed by atoms with Crippen LogP contribution in [0.3, 0.4) is 0 Å². The summed E-state index contributed by atoms with van der Waals surface area (Å²) >= 11 is 0. The number of imide groups is 1. The number of rotatable bonds is 6. The van der Waals surface area contributed by atoms with Crippen LogP contribution in [0.2, 0.25) is 0 Å². The Morgan fingerprint density at radius 2 is 1.29 bits per heavy atom. The zero-order chi connectivity index (χ0) is 25.2. The van der Waals surface area contributed by atoms with Crippen molar-refractivity contribution >= 4 is 35.7 Å². The van der Waals surface area contributed by atoms with E-state index in [2.05, 4.69) is 0 Å². The summed E-state index contributed by atoms with van der Waals surface area (Å²) in [5.41, 5.74) is 0.170. The van der Waals surface area contributed by atoms with Gasteiger partial charge >= 0.3 is 23.9 Å². The summed E-state index contributed by atoms with van der Waals surface area (Å²) in [6.07, 6.45) is -5.81. The highest BCUT2D eigenvalue weighted by atomic mass is 16.7. The Bertz CT molecular complexity index is 1000. The SMILES string of the molecule is CC(=O)OC[C@H]1O[C@@H](OC(C)=O)[C@H](N2C(=O)c3ccccc3C2=O)[C@@H](OC(C)=O)[C@H]1OC(C)=O. The lowest BCUT2D eigenvalue weighted by atomic mass is 9.94. The molecule has 0 aliphatic carbocycles. The van der Waals surface area contributed by atoms with E-state index in [1.807, 2.05) is 0 Å². The Kier molecular flexibility index (Phi) is 7.30. The summed E-state index contributed by atoms with van der Waals surface area (Å²) in [4.78, 5) is 74.2. The number of hydrogen-bond acceptors (Lipinski definition) is 11. The van der Waals surface area contributed by atoms with Gasteiger partial charge in [0.15, 0.2) is 12.2 Å². The standard InChI is InChI=1S/C22H23NO11/c1-10(24)30-9-16-18(31-11(2)25)19(32-12(3)26)17(22(34-16)33-13(4)27)23-20(28)14-7-5-6-8-15(14)21(23)29/h5-8,16-19,22H,9H2,1-4H3/t16-,17-,18+,19-,22-/m1/s1. The van der Waals surface area contributed by atoms with E-state index >= 15 is 0 Å². The molecule has 0 N–H and O–H groups in total. The molecule has 34 heavy (non-hydrogen) atoms. The van der Waals surface area contributed by atoms with Crippen molar-refractivity contribution < 1.29 is 52.5 Å². The fourth-order valence-electron chi connectivity index (χ4n) is 3.90. The van der Waals surface area contributed by atoms with Gasteiger partial charge in [-0.1, -0.05) is 12.1 Å². The summed E-state index contributed by atoms with van der Waals surface area (Å²) in [5, 5.41) is 0. The first kappa shape index (κ1) is 24.8. The lowest BCUT2D eigenvalue weighted by Crippen LogP contribution is -2.67. The molecule has 3 rings (SSSR count). The number of nitrogens with zero attached hydrogens (tertiary/aromatic N) is 1. The molecule has 0 radical (unpaired) electrons. The van der Waals surface area contributed by atoms with Crippen LogP contribution in [0.25, 0.3) is 0 Å². The number of fused-ring (bicyclic) bond motifs is 1. The van der Waals surface area contributed by atoms with Gasteiger partial charge in [0.25, 0.3) is 11.8 Å². The van der Waals surface area contributed by atoms with Crippen LogP contribution < -0.4 is 0 Å². The van der Waals surface area contributed by atoms with Crippen LogP contribution >= 0.6 is 0 Å². The van der Waals surface area contributed by atoms with Crippen molar-refractivity contribution in [2.45, 2.75) is 58.3 Å². The Labute approximate surface area is 194 Å². The predicted molar refractivity (Wildman–Crippen MR) is 109 cm³/mol. The molecule has 0 spiro atoms. The second kappa shape index (κ2) is 10.00. The minimum Gasteiger partial charge on any atom is -0.463 e. The first-order chi connectivity index (χ1) is 16.0. The van der Waals surface area contributed by atoms with E-state index in [9.17, 15) is 28.8 Å². The molecule has 182 valence electrons. The highest BCUT2D eigenvalue weighted by molar-refractivity contribution is 6.21. The molecule has 2 aliphatic heterocycles. The van der Waals surface area contributed by atoms with Gasteiger partial charge < -0.3 is 23.7 Å². The average Bonchev–Trinajstić information content (AvgIpc) is 2.98. The summed E-state index contributed by atoms with van der Waals surface area (Å²) < 4.78 is 26.7. The molecule has 12 nitrogen and oxygen atoms in total. The Hall–Kier alpha value is -3.80. The zero-order valence-corrected chi connectivity index (χ0v) is 18.8. The Balaban J connectivity index is 2.11. The van der Waals surface area contributed by atoms with E-state index in [1.54, 1.807) is 12.1 Å². The molecule has 1 fully saturated rings. The number of esters is 4. The van der Waals surface area contributed by atoms with Crippen molar-refractivity contribution in [1.29, 1.82) is 0 Å². The van der Waals surface area contributed by atoms with Crippen LogP contribution in [0.4, 0.5) is 0 Å². The lowest BCUT2D eigenvalue weighted by Gasteiger charge is -2.46. The molecule has 0 bridgehead atoms. The summed E-state index contributed by atoms with van der Waals surface area (Å²) in [5.74, 6) is -4.64. The fourth-order valence-corrected chi connectivity index (χ4v) is 3.90. The smallest absolute Gasteiger partial charge is 0.305 e. The molecule has 2 aliphatic rings. The Morgan fingerprint density at radius 3 is 1.76 bits per heavy atom. The minimum absolute atomic E-state index is 0.0849. The molecule has 1 aromatic rings. The third kappa shape index (κ3) is 5.06. The molecular weight excluding hydrogens is 454 g/mol. The van der Waals surface area contributed by atoms with Gasteiger partial charge in [-0.15, -0.1) is 0 Å². The van der Waals surface area contributed by atoms with Gasteiger partial charge in [0.2, 0.25) is 6.29 Å². The molecule has 0 unspecified atom stereocenters. The zero-order valence-electron chi connectivity index (χ0n) is 18.8. The predicted octanol–water partition coefficient (Wildman–Crippen LogP) is 0.366. The topological polar surface area (TPSA) is 152 Å². The van der Waals surface area contributed by atoms with E-state index in [1.165, 1.54) is 12.1 Å². The van der Waals surface area contributed by atoms with Crippen LogP contribution in [0.1, 0.15) is 48.4 Å². The van der Waals surface area contributed by atoms with E-state index in [0.29, 0.717) is 0 Å². The molecule has 0 aromatic heterocycles. The van der Waals surface area contributed by atoms with Crippen molar-refractivity contribution in [1.82, 2.24) is 4.90 Å². The molecule has 0 saturated carbocycles. The maximum Gasteiger partial charge on any atom is 0.305 e. The number of benzene rings is 1. The third-order valence-corrected chi connectivity index (χ3v) is 5.08. The number of hydrogen-bond donors (Lipinski definition) is 0. The quantitative estimate of drug-likeness (QED) is 0.317. The van der Waals surface area contributed by atoms with Crippen LogP contribution in [-0.2, 0) is 42.9 Å². The van der Waals surface area contributed by atoms with E-state index in [0.717, 1.165) is 32.6 Å². The van der Waals surface area contributed by atoms with Gasteiger partial charge in [0.1, 0.15) is 18.8 Å². The van der Waals surface area contributed by atoms with Gasteiger partial charge in [0.05, 0.1) is 11.1 Å². The van der Waals surface area contributed by atoms with Gasteiger partial charge in [-0.3, -0.25) is 33.7 Å². The number of carbonyl (C=O) groups is 6.